The van der Waals surface area contributed by atoms with Crippen LogP contribution in [0.15, 0.2) is 36.4 Å². The predicted octanol–water partition coefficient (Wildman–Crippen LogP) is 5.49. The highest BCUT2D eigenvalue weighted by Gasteiger charge is 2.28. The van der Waals surface area contributed by atoms with Gasteiger partial charge in [0, 0.05) is 35.6 Å². The van der Waals surface area contributed by atoms with E-state index < -0.39 is 16.1 Å². The zero-order valence-corrected chi connectivity index (χ0v) is 24.7. The van der Waals surface area contributed by atoms with Gasteiger partial charge in [-0.3, -0.25) is 13.9 Å². The number of hydrogen-bond donors (Lipinski definition) is 1. The molecule has 0 aliphatic heterocycles. The SMILES string of the molecule is CC[C@@H](C)NC(=O)[C@@H](C)N(Cc1ccc(Cl)cc1Cl)C(=O)CCCN(c1cc(C)ccc1C)S(C)(=O)=O. The second kappa shape index (κ2) is 13.5. The monoisotopic (exact) mass is 569 g/mol. The molecule has 0 saturated carbocycles. The molecule has 1 N–H and O–H groups in total. The molecule has 2 rings (SSSR count). The maximum absolute atomic E-state index is 13.4. The summed E-state index contributed by atoms with van der Waals surface area (Å²) in [7, 11) is -3.57. The molecule has 2 aromatic rings. The Morgan fingerprint density at radius 3 is 2.32 bits per heavy atom. The minimum absolute atomic E-state index is 0.0353. The van der Waals surface area contributed by atoms with Crippen molar-refractivity contribution in [2.75, 3.05) is 17.1 Å². The third-order valence-electron chi connectivity index (χ3n) is 6.31. The average Bonchev–Trinajstić information content (AvgIpc) is 2.81. The second-order valence-corrected chi connectivity index (χ2v) is 12.2. The van der Waals surface area contributed by atoms with Crippen molar-refractivity contribution < 1.29 is 18.0 Å². The highest BCUT2D eigenvalue weighted by Crippen LogP contribution is 2.26. The summed E-state index contributed by atoms with van der Waals surface area (Å²) >= 11 is 12.4. The summed E-state index contributed by atoms with van der Waals surface area (Å²) < 4.78 is 26.5. The van der Waals surface area contributed by atoms with E-state index in [4.69, 9.17) is 23.2 Å². The van der Waals surface area contributed by atoms with Gasteiger partial charge in [0.25, 0.3) is 0 Å². The summed E-state index contributed by atoms with van der Waals surface area (Å²) in [6, 6.07) is 9.86. The third kappa shape index (κ3) is 8.90. The zero-order chi connectivity index (χ0) is 27.9. The van der Waals surface area contributed by atoms with Gasteiger partial charge in [-0.25, -0.2) is 8.42 Å². The van der Waals surface area contributed by atoms with Crippen LogP contribution in [0.25, 0.3) is 0 Å². The first-order chi connectivity index (χ1) is 17.2. The van der Waals surface area contributed by atoms with Crippen LogP contribution in [0.1, 0.15) is 56.7 Å². The Bertz CT molecular complexity index is 1220. The summed E-state index contributed by atoms with van der Waals surface area (Å²) in [6.07, 6.45) is 2.26. The van der Waals surface area contributed by atoms with Gasteiger partial charge >= 0.3 is 0 Å². The van der Waals surface area contributed by atoms with Crippen molar-refractivity contribution in [2.24, 2.45) is 0 Å². The number of carbonyl (C=O) groups excluding carboxylic acids is 2. The van der Waals surface area contributed by atoms with Crippen molar-refractivity contribution in [3.8, 4) is 0 Å². The highest BCUT2D eigenvalue weighted by molar-refractivity contribution is 7.92. The number of rotatable bonds is 12. The number of aryl methyl sites for hydroxylation is 2. The lowest BCUT2D eigenvalue weighted by Crippen LogP contribution is -2.49. The van der Waals surface area contributed by atoms with Crippen LogP contribution in [0, 0.1) is 13.8 Å². The number of sulfonamides is 1. The Hall–Kier alpha value is -2.29. The fourth-order valence-electron chi connectivity index (χ4n) is 3.85. The lowest BCUT2D eigenvalue weighted by Gasteiger charge is -2.30. The van der Waals surface area contributed by atoms with Crippen LogP contribution >= 0.6 is 23.2 Å². The molecular formula is C27H37Cl2N3O4S. The van der Waals surface area contributed by atoms with E-state index in [9.17, 15) is 18.0 Å². The fourth-order valence-corrected chi connectivity index (χ4v) is 5.34. The first kappa shape index (κ1) is 30.9. The van der Waals surface area contributed by atoms with Gasteiger partial charge in [0.15, 0.2) is 0 Å². The van der Waals surface area contributed by atoms with Crippen LogP contribution in [-0.2, 0) is 26.2 Å². The summed E-state index contributed by atoms with van der Waals surface area (Å²) in [4.78, 5) is 27.8. The van der Waals surface area contributed by atoms with E-state index in [0.29, 0.717) is 21.3 Å². The van der Waals surface area contributed by atoms with Crippen LogP contribution < -0.4 is 9.62 Å². The number of carbonyl (C=O) groups is 2. The quantitative estimate of drug-likeness (QED) is 0.366. The molecule has 0 spiro atoms. The summed E-state index contributed by atoms with van der Waals surface area (Å²) in [5, 5.41) is 3.80. The topological polar surface area (TPSA) is 86.8 Å². The molecule has 0 saturated heterocycles. The van der Waals surface area contributed by atoms with Crippen LogP contribution in [0.5, 0.6) is 0 Å². The van der Waals surface area contributed by atoms with Gasteiger partial charge in [-0.15, -0.1) is 0 Å². The number of benzene rings is 2. The molecule has 0 unspecified atom stereocenters. The van der Waals surface area contributed by atoms with Crippen molar-refractivity contribution in [3.63, 3.8) is 0 Å². The number of nitrogens with zero attached hydrogens (tertiary/aromatic N) is 2. The second-order valence-electron chi connectivity index (χ2n) is 9.48. The van der Waals surface area contributed by atoms with Crippen LogP contribution in [0.4, 0.5) is 5.69 Å². The maximum Gasteiger partial charge on any atom is 0.242 e. The maximum atomic E-state index is 13.4. The average molecular weight is 571 g/mol. The lowest BCUT2D eigenvalue weighted by molar-refractivity contribution is -0.140. The van der Waals surface area contributed by atoms with Crippen molar-refractivity contribution in [2.45, 2.75) is 72.5 Å². The highest BCUT2D eigenvalue weighted by atomic mass is 35.5. The van der Waals surface area contributed by atoms with E-state index in [2.05, 4.69) is 5.32 Å². The molecule has 0 fully saturated rings. The largest absolute Gasteiger partial charge is 0.352 e. The minimum atomic E-state index is -3.57. The normalized spacial score (nSPS) is 13.1. The van der Waals surface area contributed by atoms with Crippen molar-refractivity contribution in [1.82, 2.24) is 10.2 Å². The Labute approximate surface area is 231 Å². The number of amides is 2. The van der Waals surface area contributed by atoms with Crippen LogP contribution in [0.2, 0.25) is 10.0 Å². The van der Waals surface area contributed by atoms with Gasteiger partial charge in [-0.1, -0.05) is 48.3 Å². The Balaban J connectivity index is 2.24. The van der Waals surface area contributed by atoms with E-state index in [0.717, 1.165) is 23.8 Å². The van der Waals surface area contributed by atoms with Crippen molar-refractivity contribution in [1.29, 1.82) is 0 Å². The molecule has 2 amide bonds. The van der Waals surface area contributed by atoms with Crippen LogP contribution in [-0.4, -0.2) is 50.0 Å². The van der Waals surface area contributed by atoms with Crippen LogP contribution in [0.3, 0.4) is 0 Å². The van der Waals surface area contributed by atoms with E-state index in [1.807, 2.05) is 45.9 Å². The molecule has 0 radical (unpaired) electrons. The van der Waals surface area contributed by atoms with Crippen molar-refractivity contribution >= 4 is 50.7 Å². The molecule has 0 heterocycles. The van der Waals surface area contributed by atoms with Gasteiger partial charge in [0.1, 0.15) is 6.04 Å². The molecule has 204 valence electrons. The molecule has 2 atom stereocenters. The smallest absolute Gasteiger partial charge is 0.242 e. The van der Waals surface area contributed by atoms with E-state index in [1.54, 1.807) is 25.1 Å². The number of hydrogen-bond acceptors (Lipinski definition) is 4. The molecule has 37 heavy (non-hydrogen) atoms. The summed E-state index contributed by atoms with van der Waals surface area (Å²) in [6.45, 7) is 9.56. The van der Waals surface area contributed by atoms with E-state index >= 15 is 0 Å². The Morgan fingerprint density at radius 2 is 1.73 bits per heavy atom. The van der Waals surface area contributed by atoms with E-state index in [-0.39, 0.29) is 43.8 Å². The third-order valence-corrected chi connectivity index (χ3v) is 8.08. The number of anilines is 1. The van der Waals surface area contributed by atoms with Gasteiger partial charge in [-0.05, 0) is 75.4 Å². The standard InChI is InChI=1S/C27H37Cl2N3O4S/c1-7-20(4)30-27(34)21(5)31(17-22-12-13-23(28)16-24(22)29)26(33)9-8-14-32(37(6,35)36)25-15-18(2)10-11-19(25)3/h10-13,15-16,20-21H,7-9,14,17H2,1-6H3,(H,30,34)/t20-,21-/m1/s1. The fraction of sp³-hybridized carbons (Fsp3) is 0.481. The Morgan fingerprint density at radius 1 is 1.05 bits per heavy atom. The minimum Gasteiger partial charge on any atom is -0.352 e. The molecule has 0 aliphatic rings. The molecule has 0 bridgehead atoms. The molecule has 0 aromatic heterocycles. The molecule has 7 nitrogen and oxygen atoms in total. The van der Waals surface area contributed by atoms with Crippen molar-refractivity contribution in [3.05, 3.63) is 63.1 Å². The van der Waals surface area contributed by atoms with Gasteiger partial charge in [0.2, 0.25) is 21.8 Å². The molecule has 2 aromatic carbocycles. The van der Waals surface area contributed by atoms with E-state index in [1.165, 1.54) is 9.21 Å². The number of halogens is 2. The van der Waals surface area contributed by atoms with Gasteiger partial charge in [-0.2, -0.15) is 0 Å². The lowest BCUT2D eigenvalue weighted by atomic mass is 10.1. The first-order valence-electron chi connectivity index (χ1n) is 12.3. The Kier molecular flexibility index (Phi) is 11.3. The zero-order valence-electron chi connectivity index (χ0n) is 22.3. The van der Waals surface area contributed by atoms with Gasteiger partial charge in [0.05, 0.1) is 11.9 Å². The number of nitrogens with one attached hydrogen (secondary N) is 1. The first-order valence-corrected chi connectivity index (χ1v) is 14.9. The summed E-state index contributed by atoms with van der Waals surface area (Å²) in [5.74, 6) is -0.534. The van der Waals surface area contributed by atoms with Gasteiger partial charge < -0.3 is 10.2 Å². The predicted molar refractivity (Wildman–Crippen MR) is 152 cm³/mol. The molecule has 0 aliphatic carbocycles. The molecular weight excluding hydrogens is 533 g/mol. The molecule has 10 heteroatoms. The summed E-state index contributed by atoms with van der Waals surface area (Å²) in [5.41, 5.74) is 3.03.